The number of rotatable bonds is 0. The maximum atomic E-state index is 10.2. The van der Waals surface area contributed by atoms with Crippen LogP contribution < -0.4 is 10.7 Å². The average molecular weight is 111 g/mol. The summed E-state index contributed by atoms with van der Waals surface area (Å²) in [6.45, 7) is 0. The number of aromatic nitrogens is 2. The lowest BCUT2D eigenvalue weighted by atomic mass is 10.7. The molecule has 4 nitrogen and oxygen atoms in total. The molecule has 0 saturated carbocycles. The summed E-state index contributed by atoms with van der Waals surface area (Å²) in [5, 5.41) is 10.1. The molecule has 1 aromatic rings. The first kappa shape index (κ1) is 4.83. The summed E-state index contributed by atoms with van der Waals surface area (Å²) in [6.07, 6.45) is 1.17. The third-order valence-corrected chi connectivity index (χ3v) is 0.648. The van der Waals surface area contributed by atoms with Crippen molar-refractivity contribution in [1.29, 1.82) is 0 Å². The highest BCUT2D eigenvalue weighted by atomic mass is 16.3. The van der Waals surface area contributed by atoms with E-state index in [-0.39, 0.29) is 0 Å². The molecule has 0 amide bonds. The van der Waals surface area contributed by atoms with E-state index in [1.54, 1.807) is 0 Å². The van der Waals surface area contributed by atoms with Gasteiger partial charge >= 0.3 is 0 Å². The fourth-order valence-corrected chi connectivity index (χ4v) is 0.352. The second-order valence-electron chi connectivity index (χ2n) is 1.24. The van der Waals surface area contributed by atoms with Gasteiger partial charge < -0.3 is 10.1 Å². The Hall–Kier alpha value is -1.32. The molecule has 0 aliphatic rings. The molecule has 0 spiro atoms. The third-order valence-electron chi connectivity index (χ3n) is 0.648. The summed E-state index contributed by atoms with van der Waals surface area (Å²) >= 11 is 0. The molecule has 0 atom stereocenters. The van der Waals surface area contributed by atoms with E-state index in [9.17, 15) is 9.90 Å². The predicted molar refractivity (Wildman–Crippen MR) is 24.3 cm³/mol. The largest absolute Gasteiger partial charge is 0.846 e. The van der Waals surface area contributed by atoms with E-state index in [4.69, 9.17) is 0 Å². The van der Waals surface area contributed by atoms with Crippen LogP contribution in [0.5, 0.6) is 6.01 Å². The summed E-state index contributed by atoms with van der Waals surface area (Å²) in [5.74, 6) is 0. The Labute approximate surface area is 44.8 Å². The molecule has 0 aliphatic heterocycles. The Bertz CT molecular complexity index is 229. The van der Waals surface area contributed by atoms with Crippen LogP contribution in [0.3, 0.4) is 0 Å². The maximum Gasteiger partial charge on any atom is 0.250 e. The predicted octanol–water partition coefficient (Wildman–Crippen LogP) is -1.16. The molecule has 1 aromatic heterocycles. The van der Waals surface area contributed by atoms with Crippen molar-refractivity contribution in [2.24, 2.45) is 0 Å². The monoisotopic (exact) mass is 111 g/mol. The van der Waals surface area contributed by atoms with Crippen LogP contribution in [0, 0.1) is 0 Å². The lowest BCUT2D eigenvalue weighted by molar-refractivity contribution is -0.282. The van der Waals surface area contributed by atoms with Gasteiger partial charge in [-0.25, -0.2) is 0 Å². The molecule has 0 unspecified atom stereocenters. The van der Waals surface area contributed by atoms with Gasteiger partial charge in [0.15, 0.2) is 0 Å². The first-order valence-corrected chi connectivity index (χ1v) is 2.01. The van der Waals surface area contributed by atoms with Crippen LogP contribution >= 0.6 is 0 Å². The topological polar surface area (TPSA) is 68.8 Å². The zero-order chi connectivity index (χ0) is 5.98. The van der Waals surface area contributed by atoms with Crippen molar-refractivity contribution in [1.82, 2.24) is 9.97 Å². The van der Waals surface area contributed by atoms with Gasteiger partial charge in [0.25, 0.3) is 0 Å². The summed E-state index contributed by atoms with van der Waals surface area (Å²) in [6, 6.07) is 0.582. The van der Waals surface area contributed by atoms with Crippen molar-refractivity contribution in [3.63, 3.8) is 0 Å². The highest BCUT2D eigenvalue weighted by Gasteiger charge is 1.75. The molecule has 8 heavy (non-hydrogen) atoms. The summed E-state index contributed by atoms with van der Waals surface area (Å²) in [5.41, 5.74) is -0.412. The van der Waals surface area contributed by atoms with Crippen molar-refractivity contribution < 1.29 is 5.11 Å². The van der Waals surface area contributed by atoms with Crippen molar-refractivity contribution in [2.75, 3.05) is 0 Å². The average Bonchev–Trinajstić information content (AvgIpc) is 1.64. The fraction of sp³-hybridized carbons (Fsp3) is 0. The Morgan fingerprint density at radius 3 is 2.88 bits per heavy atom. The lowest BCUT2D eigenvalue weighted by Gasteiger charge is -1.97. The molecule has 0 bridgehead atoms. The number of H-pyrrole nitrogens is 1. The normalized spacial score (nSPS) is 9.00. The second kappa shape index (κ2) is 1.65. The van der Waals surface area contributed by atoms with Gasteiger partial charge in [0.1, 0.15) is 0 Å². The van der Waals surface area contributed by atoms with Gasteiger partial charge in [-0.1, -0.05) is 0 Å². The Kier molecular flexibility index (Phi) is 0.997. The van der Waals surface area contributed by atoms with E-state index in [1.165, 1.54) is 12.3 Å². The van der Waals surface area contributed by atoms with E-state index < -0.39 is 11.6 Å². The molecule has 42 valence electrons. The summed E-state index contributed by atoms with van der Waals surface area (Å²) in [4.78, 5) is 15.4. The smallest absolute Gasteiger partial charge is 0.250 e. The molecule has 1 heterocycles. The van der Waals surface area contributed by atoms with Crippen LogP contribution in [0.2, 0.25) is 0 Å². The van der Waals surface area contributed by atoms with Crippen LogP contribution in [0.25, 0.3) is 0 Å². The Morgan fingerprint density at radius 1 is 1.75 bits per heavy atom. The van der Waals surface area contributed by atoms with E-state index in [1.807, 2.05) is 4.98 Å². The minimum absolute atomic E-state index is 0.412. The minimum atomic E-state index is -0.600. The Balaban J connectivity index is 3.28. The van der Waals surface area contributed by atoms with Gasteiger partial charge in [-0.05, 0) is 0 Å². The van der Waals surface area contributed by atoms with Gasteiger partial charge in [-0.2, -0.15) is 0 Å². The SMILES string of the molecule is O=c1ccnc([O-])[nH]1. The van der Waals surface area contributed by atoms with Crippen molar-refractivity contribution >= 4 is 0 Å². The third kappa shape index (κ3) is 0.841. The van der Waals surface area contributed by atoms with E-state index in [0.717, 1.165) is 0 Å². The quantitative estimate of drug-likeness (QED) is 0.459. The van der Waals surface area contributed by atoms with E-state index in [2.05, 4.69) is 4.98 Å². The van der Waals surface area contributed by atoms with Crippen LogP contribution in [0.15, 0.2) is 17.1 Å². The van der Waals surface area contributed by atoms with Gasteiger partial charge in [0, 0.05) is 12.3 Å². The maximum absolute atomic E-state index is 10.2. The van der Waals surface area contributed by atoms with E-state index >= 15 is 0 Å². The molecule has 1 N–H and O–H groups in total. The number of hydrogen-bond acceptors (Lipinski definition) is 3. The van der Waals surface area contributed by atoms with Crippen LogP contribution in [-0.2, 0) is 0 Å². The second-order valence-corrected chi connectivity index (χ2v) is 1.24. The lowest BCUT2D eigenvalue weighted by Crippen LogP contribution is -2.08. The van der Waals surface area contributed by atoms with Gasteiger partial charge in [0.05, 0.1) is 6.01 Å². The van der Waals surface area contributed by atoms with Crippen LogP contribution in [-0.4, -0.2) is 9.97 Å². The zero-order valence-corrected chi connectivity index (χ0v) is 3.92. The minimum Gasteiger partial charge on any atom is -0.846 e. The number of nitrogens with zero attached hydrogens (tertiary/aromatic N) is 1. The van der Waals surface area contributed by atoms with Crippen LogP contribution in [0.1, 0.15) is 0 Å². The number of aromatic amines is 1. The highest BCUT2D eigenvalue weighted by molar-refractivity contribution is 4.89. The molecule has 1 rings (SSSR count). The molecule has 0 radical (unpaired) electrons. The van der Waals surface area contributed by atoms with E-state index in [0.29, 0.717) is 0 Å². The number of nitrogens with one attached hydrogen (secondary N) is 1. The fourth-order valence-electron chi connectivity index (χ4n) is 0.352. The highest BCUT2D eigenvalue weighted by Crippen LogP contribution is 1.78. The molecule has 0 saturated heterocycles. The first-order valence-electron chi connectivity index (χ1n) is 2.01. The van der Waals surface area contributed by atoms with Crippen LogP contribution in [0.4, 0.5) is 0 Å². The zero-order valence-electron chi connectivity index (χ0n) is 3.92. The van der Waals surface area contributed by atoms with Crippen molar-refractivity contribution in [2.45, 2.75) is 0 Å². The summed E-state index contributed by atoms with van der Waals surface area (Å²) < 4.78 is 0. The first-order chi connectivity index (χ1) is 3.79. The molecule has 0 aliphatic carbocycles. The molecular formula is C4H3N2O2-. The molecule has 4 heteroatoms. The standard InChI is InChI=1S/C4H4N2O2/c7-3-1-2-5-4(8)6-3/h1-2H,(H2,5,6,7,8)/p-1. The van der Waals surface area contributed by atoms with Crippen molar-refractivity contribution in [3.8, 4) is 6.01 Å². The molecule has 0 fully saturated rings. The van der Waals surface area contributed by atoms with Gasteiger partial charge in [-0.3, -0.25) is 9.78 Å². The molecular weight excluding hydrogens is 108 g/mol. The number of hydrogen-bond donors (Lipinski definition) is 1. The Morgan fingerprint density at radius 2 is 2.50 bits per heavy atom. The van der Waals surface area contributed by atoms with Crippen molar-refractivity contribution in [3.05, 3.63) is 22.6 Å². The molecule has 0 aromatic carbocycles. The van der Waals surface area contributed by atoms with Gasteiger partial charge in [0.2, 0.25) is 5.56 Å². The van der Waals surface area contributed by atoms with Gasteiger partial charge in [-0.15, -0.1) is 0 Å². The summed E-state index contributed by atoms with van der Waals surface area (Å²) in [7, 11) is 0.